The van der Waals surface area contributed by atoms with E-state index >= 15 is 0 Å². The Labute approximate surface area is 212 Å². The van der Waals surface area contributed by atoms with Gasteiger partial charge in [0.15, 0.2) is 0 Å². The van der Waals surface area contributed by atoms with Gasteiger partial charge in [0.1, 0.15) is 4.21 Å². The summed E-state index contributed by atoms with van der Waals surface area (Å²) < 4.78 is 28.2. The monoisotopic (exact) mass is 532 g/mol. The number of nitrogens with one attached hydrogen (secondary N) is 1. The summed E-state index contributed by atoms with van der Waals surface area (Å²) in [4.78, 5) is 23.7. The molecule has 5 N–H and O–H groups in total. The van der Waals surface area contributed by atoms with Gasteiger partial charge in [-0.1, -0.05) is 11.6 Å². The molecule has 0 unspecified atom stereocenters. The van der Waals surface area contributed by atoms with Crippen LogP contribution in [0.4, 0.5) is 5.69 Å². The number of primary amides is 2. The van der Waals surface area contributed by atoms with Crippen LogP contribution in [0.25, 0.3) is 0 Å². The van der Waals surface area contributed by atoms with Crippen LogP contribution in [0.1, 0.15) is 44.0 Å². The van der Waals surface area contributed by atoms with E-state index in [0.717, 1.165) is 10.6 Å². The minimum atomic E-state index is -3.62. The van der Waals surface area contributed by atoms with Crippen LogP contribution in [0.3, 0.4) is 0 Å². The normalized spacial score (nSPS) is 15.1. The molecule has 184 valence electrons. The van der Waals surface area contributed by atoms with Crippen LogP contribution in [0.2, 0.25) is 5.02 Å². The molecule has 0 spiro atoms. The highest BCUT2D eigenvalue weighted by Crippen LogP contribution is 2.30. The van der Waals surface area contributed by atoms with Crippen molar-refractivity contribution < 1.29 is 18.0 Å². The van der Waals surface area contributed by atoms with Crippen molar-refractivity contribution in [2.24, 2.45) is 11.5 Å². The number of thiophene rings is 1. The minimum Gasteiger partial charge on any atom is -0.382 e. The number of halogens is 1. The fraction of sp³-hybridized carbons (Fsp3) is 0.250. The fourth-order valence-corrected chi connectivity index (χ4v) is 7.26. The molecule has 1 fully saturated rings. The maximum atomic E-state index is 13.2. The Balaban J connectivity index is 1.39. The van der Waals surface area contributed by atoms with E-state index < -0.39 is 21.8 Å². The number of sulfonamides is 1. The summed E-state index contributed by atoms with van der Waals surface area (Å²) in [6.07, 6.45) is 1.67. The molecular weight excluding hydrogens is 508 g/mol. The molecule has 0 saturated carbocycles. The molecule has 11 heteroatoms. The lowest BCUT2D eigenvalue weighted by atomic mass is 10.0. The number of anilines is 1. The summed E-state index contributed by atoms with van der Waals surface area (Å²) in [6, 6.07) is 15.2. The number of piperidine rings is 1. The minimum absolute atomic E-state index is 0.120. The first-order chi connectivity index (χ1) is 16.6. The molecule has 2 heterocycles. The van der Waals surface area contributed by atoms with Gasteiger partial charge in [-0.05, 0) is 73.0 Å². The Morgan fingerprint density at radius 3 is 2.31 bits per heavy atom. The number of hydrogen-bond donors (Lipinski definition) is 3. The van der Waals surface area contributed by atoms with Crippen LogP contribution >= 0.6 is 22.9 Å². The Morgan fingerprint density at radius 1 is 1.00 bits per heavy atom. The largest absolute Gasteiger partial charge is 0.382 e. The quantitative estimate of drug-likeness (QED) is 0.408. The third-order valence-corrected chi connectivity index (χ3v) is 9.61. The third kappa shape index (κ3) is 5.84. The van der Waals surface area contributed by atoms with Crippen molar-refractivity contribution in [3.05, 3.63) is 81.2 Å². The Bertz CT molecular complexity index is 1350. The lowest BCUT2D eigenvalue weighted by Gasteiger charge is -2.31. The topological polar surface area (TPSA) is 136 Å². The highest BCUT2D eigenvalue weighted by molar-refractivity contribution is 7.91. The molecule has 0 bridgehead atoms. The maximum Gasteiger partial charge on any atom is 0.252 e. The van der Waals surface area contributed by atoms with Gasteiger partial charge in [0.2, 0.25) is 11.8 Å². The third-order valence-electron chi connectivity index (χ3n) is 5.92. The number of benzene rings is 2. The lowest BCUT2D eigenvalue weighted by Crippen LogP contribution is -2.42. The average molecular weight is 533 g/mol. The molecule has 2 amide bonds. The van der Waals surface area contributed by atoms with E-state index in [1.807, 2.05) is 0 Å². The highest BCUT2D eigenvalue weighted by atomic mass is 35.5. The van der Waals surface area contributed by atoms with Crippen LogP contribution in [0, 0.1) is 0 Å². The van der Waals surface area contributed by atoms with Crippen molar-refractivity contribution >= 4 is 50.5 Å². The predicted octanol–water partition coefficient (Wildman–Crippen LogP) is 3.46. The fourth-order valence-electron chi connectivity index (χ4n) is 4.06. The van der Waals surface area contributed by atoms with E-state index in [2.05, 4.69) is 5.32 Å². The van der Waals surface area contributed by atoms with Gasteiger partial charge in [0.25, 0.3) is 10.0 Å². The number of amides is 2. The molecule has 0 atom stereocenters. The first-order valence-corrected chi connectivity index (χ1v) is 13.6. The second-order valence-corrected chi connectivity index (χ2v) is 12.1. The summed E-state index contributed by atoms with van der Waals surface area (Å²) in [6.45, 7) is 0.791. The van der Waals surface area contributed by atoms with Crippen LogP contribution in [0.5, 0.6) is 0 Å². The van der Waals surface area contributed by atoms with Crippen LogP contribution < -0.4 is 16.8 Å². The average Bonchev–Trinajstić information content (AvgIpc) is 3.29. The Kier molecular flexibility index (Phi) is 7.46. The summed E-state index contributed by atoms with van der Waals surface area (Å²) in [5.74, 6) is -1.03. The molecule has 4 rings (SSSR count). The number of nitrogens with zero attached hydrogens (tertiary/aromatic N) is 1. The summed E-state index contributed by atoms with van der Waals surface area (Å²) in [5.41, 5.74) is 13.1. The van der Waals surface area contributed by atoms with Crippen molar-refractivity contribution in [1.82, 2.24) is 4.31 Å². The van der Waals surface area contributed by atoms with Gasteiger partial charge < -0.3 is 16.8 Å². The zero-order chi connectivity index (χ0) is 25.2. The van der Waals surface area contributed by atoms with Crippen LogP contribution in [0.15, 0.2) is 58.8 Å². The van der Waals surface area contributed by atoms with Gasteiger partial charge >= 0.3 is 0 Å². The second kappa shape index (κ2) is 10.4. The molecule has 1 aliphatic heterocycles. The molecule has 35 heavy (non-hydrogen) atoms. The van der Waals surface area contributed by atoms with Crippen molar-refractivity contribution in [3.8, 4) is 0 Å². The summed E-state index contributed by atoms with van der Waals surface area (Å²) in [7, 11) is -3.62. The van der Waals surface area contributed by atoms with Gasteiger partial charge in [-0.3, -0.25) is 9.59 Å². The predicted molar refractivity (Wildman–Crippen MR) is 137 cm³/mol. The molecule has 1 aliphatic rings. The molecule has 3 aromatic rings. The van der Waals surface area contributed by atoms with Gasteiger partial charge in [-0.15, -0.1) is 11.3 Å². The van der Waals surface area contributed by atoms with Crippen molar-refractivity contribution in [1.29, 1.82) is 0 Å². The molecule has 1 aromatic heterocycles. The first-order valence-electron chi connectivity index (χ1n) is 11.0. The van der Waals surface area contributed by atoms with Gasteiger partial charge in [0, 0.05) is 52.3 Å². The molecule has 2 aromatic carbocycles. The van der Waals surface area contributed by atoms with Crippen molar-refractivity contribution in [3.63, 3.8) is 0 Å². The zero-order valence-corrected chi connectivity index (χ0v) is 21.1. The maximum absolute atomic E-state index is 13.2. The Hall–Kier alpha value is -2.92. The number of carbonyl (C=O) groups is 2. The first kappa shape index (κ1) is 25.2. The number of nitrogens with two attached hydrogens (primary N) is 2. The molecule has 0 radical (unpaired) electrons. The molecule has 8 nitrogen and oxygen atoms in total. The second-order valence-electron chi connectivity index (χ2n) is 8.33. The zero-order valence-electron chi connectivity index (χ0n) is 18.7. The van der Waals surface area contributed by atoms with E-state index in [-0.39, 0.29) is 10.3 Å². The lowest BCUT2D eigenvalue weighted by molar-refractivity contribution is 0.0991. The van der Waals surface area contributed by atoms with E-state index in [9.17, 15) is 18.0 Å². The standard InChI is InChI=1S/C24H25ClN4O4S2/c25-17-3-7-21(24(27)31)16(13-17)14-20-6-8-22(34-20)35(32,33)29-11-9-19(10-12-29)28-18-4-1-15(2-5-18)23(26)30/h1-8,13,19,28H,9-12,14H2,(H2,26,30)(H2,27,31). The van der Waals surface area contributed by atoms with Crippen molar-refractivity contribution in [2.45, 2.75) is 29.5 Å². The smallest absolute Gasteiger partial charge is 0.252 e. The van der Waals surface area contributed by atoms with E-state index in [0.29, 0.717) is 54.1 Å². The van der Waals surface area contributed by atoms with Crippen LogP contribution in [-0.2, 0) is 16.4 Å². The highest BCUT2D eigenvalue weighted by Gasteiger charge is 2.30. The van der Waals surface area contributed by atoms with E-state index in [1.54, 1.807) is 54.6 Å². The molecule has 0 aliphatic carbocycles. The molecule has 1 saturated heterocycles. The number of carbonyl (C=O) groups excluding carboxylic acids is 2. The van der Waals surface area contributed by atoms with Crippen LogP contribution in [-0.4, -0.2) is 43.7 Å². The summed E-state index contributed by atoms with van der Waals surface area (Å²) >= 11 is 7.26. The summed E-state index contributed by atoms with van der Waals surface area (Å²) in [5, 5.41) is 3.87. The Morgan fingerprint density at radius 2 is 1.69 bits per heavy atom. The number of rotatable bonds is 8. The van der Waals surface area contributed by atoms with Gasteiger partial charge in [-0.25, -0.2) is 8.42 Å². The van der Waals surface area contributed by atoms with Gasteiger partial charge in [0.05, 0.1) is 0 Å². The number of hydrogen-bond acceptors (Lipinski definition) is 6. The SMILES string of the molecule is NC(=O)c1ccc(NC2CCN(S(=O)(=O)c3ccc(Cc4cc(Cl)ccc4C(N)=O)s3)CC2)cc1. The van der Waals surface area contributed by atoms with E-state index in [4.69, 9.17) is 23.1 Å². The van der Waals surface area contributed by atoms with E-state index in [1.165, 1.54) is 15.6 Å². The van der Waals surface area contributed by atoms with Gasteiger partial charge in [-0.2, -0.15) is 4.31 Å². The van der Waals surface area contributed by atoms with Crippen molar-refractivity contribution in [2.75, 3.05) is 18.4 Å². The molecular formula is C24H25ClN4O4S2.